The van der Waals surface area contributed by atoms with Crippen LogP contribution in [0, 0.1) is 5.41 Å². The van der Waals surface area contributed by atoms with Gasteiger partial charge in [0.2, 0.25) is 11.8 Å². The normalized spacial score (nSPS) is 23.1. The number of likely N-dealkylation sites (tertiary alicyclic amines) is 1. The average molecular weight is 253 g/mol. The second-order valence-corrected chi connectivity index (χ2v) is 5.65. The van der Waals surface area contributed by atoms with E-state index in [0.29, 0.717) is 13.0 Å². The zero-order valence-electron chi connectivity index (χ0n) is 11.0. The van der Waals surface area contributed by atoms with Crippen molar-refractivity contribution in [3.8, 4) is 0 Å². The summed E-state index contributed by atoms with van der Waals surface area (Å²) in [5.74, 6) is 0.0992. The lowest BCUT2D eigenvalue weighted by Gasteiger charge is -2.30. The van der Waals surface area contributed by atoms with Crippen LogP contribution in [0.4, 0.5) is 0 Å². The van der Waals surface area contributed by atoms with Gasteiger partial charge in [0.15, 0.2) is 0 Å². The number of amides is 2. The molecule has 0 radical (unpaired) electrons. The van der Waals surface area contributed by atoms with Crippen molar-refractivity contribution in [3.05, 3.63) is 0 Å². The monoisotopic (exact) mass is 253 g/mol. The predicted octanol–water partition coefficient (Wildman–Crippen LogP) is 1.86. The molecule has 4 heteroatoms. The van der Waals surface area contributed by atoms with E-state index in [4.69, 9.17) is 5.11 Å². The lowest BCUT2D eigenvalue weighted by Crippen LogP contribution is -2.37. The first-order chi connectivity index (χ1) is 8.69. The number of imide groups is 1. The molecule has 2 aliphatic rings. The van der Waals surface area contributed by atoms with Crippen LogP contribution in [-0.2, 0) is 9.59 Å². The van der Waals surface area contributed by atoms with Crippen LogP contribution in [0.1, 0.15) is 57.8 Å². The van der Waals surface area contributed by atoms with Crippen molar-refractivity contribution in [2.24, 2.45) is 5.41 Å². The highest BCUT2D eigenvalue weighted by Gasteiger charge is 2.50. The summed E-state index contributed by atoms with van der Waals surface area (Å²) in [6.45, 7) is 0.727. The quantitative estimate of drug-likeness (QED) is 0.601. The molecule has 1 N–H and O–H groups in total. The third kappa shape index (κ3) is 2.58. The number of aliphatic hydroxyl groups excluding tert-OH is 1. The van der Waals surface area contributed by atoms with E-state index in [2.05, 4.69) is 0 Å². The van der Waals surface area contributed by atoms with Gasteiger partial charge in [-0.3, -0.25) is 14.5 Å². The van der Waals surface area contributed by atoms with Crippen LogP contribution in [0.15, 0.2) is 0 Å². The molecule has 0 aromatic carbocycles. The topological polar surface area (TPSA) is 57.6 Å². The molecule has 18 heavy (non-hydrogen) atoms. The fraction of sp³-hybridized carbons (Fsp3) is 0.857. The Hall–Kier alpha value is -0.900. The van der Waals surface area contributed by atoms with Crippen LogP contribution in [0.2, 0.25) is 0 Å². The number of aliphatic hydroxyl groups is 1. The molecule has 0 unspecified atom stereocenters. The SMILES string of the molecule is O=C1CC2(CCCCC2)C(=O)N1CCCCCO. The van der Waals surface area contributed by atoms with E-state index in [1.54, 1.807) is 0 Å². The van der Waals surface area contributed by atoms with Gasteiger partial charge in [0, 0.05) is 19.6 Å². The van der Waals surface area contributed by atoms with Crippen LogP contribution in [0.5, 0.6) is 0 Å². The highest BCUT2D eigenvalue weighted by atomic mass is 16.3. The summed E-state index contributed by atoms with van der Waals surface area (Å²) >= 11 is 0. The number of rotatable bonds is 5. The number of hydrogen-bond donors (Lipinski definition) is 1. The summed E-state index contributed by atoms with van der Waals surface area (Å²) in [4.78, 5) is 25.9. The van der Waals surface area contributed by atoms with Gasteiger partial charge in [-0.05, 0) is 32.1 Å². The molecule has 2 fully saturated rings. The molecule has 2 amide bonds. The second-order valence-electron chi connectivity index (χ2n) is 5.65. The molecule has 0 aromatic heterocycles. The fourth-order valence-corrected chi connectivity index (χ4v) is 3.26. The predicted molar refractivity (Wildman–Crippen MR) is 67.8 cm³/mol. The van der Waals surface area contributed by atoms with E-state index in [9.17, 15) is 9.59 Å². The maximum absolute atomic E-state index is 12.4. The molecular weight excluding hydrogens is 230 g/mol. The number of unbranched alkanes of at least 4 members (excludes halogenated alkanes) is 2. The van der Waals surface area contributed by atoms with Gasteiger partial charge in [-0.2, -0.15) is 0 Å². The van der Waals surface area contributed by atoms with Crippen LogP contribution in [-0.4, -0.2) is 35.0 Å². The molecular formula is C14H23NO3. The summed E-state index contributed by atoms with van der Waals surface area (Å²) in [6.07, 6.45) is 8.02. The average Bonchev–Trinajstić information content (AvgIpc) is 2.59. The van der Waals surface area contributed by atoms with E-state index >= 15 is 0 Å². The van der Waals surface area contributed by atoms with E-state index in [0.717, 1.165) is 44.9 Å². The number of hydrogen-bond acceptors (Lipinski definition) is 3. The van der Waals surface area contributed by atoms with Gasteiger partial charge in [-0.15, -0.1) is 0 Å². The zero-order valence-corrected chi connectivity index (χ0v) is 11.0. The Morgan fingerprint density at radius 2 is 1.78 bits per heavy atom. The maximum Gasteiger partial charge on any atom is 0.235 e. The molecule has 1 spiro atoms. The van der Waals surface area contributed by atoms with Crippen molar-refractivity contribution >= 4 is 11.8 Å². The molecule has 4 nitrogen and oxygen atoms in total. The van der Waals surface area contributed by atoms with E-state index < -0.39 is 0 Å². The van der Waals surface area contributed by atoms with Crippen LogP contribution < -0.4 is 0 Å². The Bertz CT molecular complexity index is 321. The van der Waals surface area contributed by atoms with Gasteiger partial charge in [0.25, 0.3) is 0 Å². The second kappa shape index (κ2) is 5.83. The number of carbonyl (C=O) groups excluding carboxylic acids is 2. The minimum atomic E-state index is -0.341. The molecule has 0 aromatic rings. The summed E-state index contributed by atoms with van der Waals surface area (Å²) in [7, 11) is 0. The van der Waals surface area contributed by atoms with Gasteiger partial charge < -0.3 is 5.11 Å². The van der Waals surface area contributed by atoms with Gasteiger partial charge >= 0.3 is 0 Å². The molecule has 1 aliphatic carbocycles. The smallest absolute Gasteiger partial charge is 0.235 e. The molecule has 1 aliphatic heterocycles. The maximum atomic E-state index is 12.4. The molecule has 1 saturated carbocycles. The van der Waals surface area contributed by atoms with Crippen molar-refractivity contribution in [2.75, 3.05) is 13.2 Å². The third-order valence-corrected chi connectivity index (χ3v) is 4.34. The third-order valence-electron chi connectivity index (χ3n) is 4.34. The first-order valence-electron chi connectivity index (χ1n) is 7.15. The van der Waals surface area contributed by atoms with E-state index in [1.807, 2.05) is 0 Å². The molecule has 0 atom stereocenters. The Morgan fingerprint density at radius 1 is 1.06 bits per heavy atom. The molecule has 1 saturated heterocycles. The molecule has 0 bridgehead atoms. The van der Waals surface area contributed by atoms with Gasteiger partial charge in [0.1, 0.15) is 0 Å². The summed E-state index contributed by atoms with van der Waals surface area (Å²) < 4.78 is 0. The lowest BCUT2D eigenvalue weighted by molar-refractivity contribution is -0.142. The summed E-state index contributed by atoms with van der Waals surface area (Å²) in [5.41, 5.74) is -0.341. The van der Waals surface area contributed by atoms with Gasteiger partial charge in [0.05, 0.1) is 5.41 Å². The first-order valence-corrected chi connectivity index (χ1v) is 7.15. The highest BCUT2D eigenvalue weighted by Crippen LogP contribution is 2.45. The Balaban J connectivity index is 1.92. The van der Waals surface area contributed by atoms with Crippen molar-refractivity contribution in [2.45, 2.75) is 57.8 Å². The van der Waals surface area contributed by atoms with Crippen LogP contribution >= 0.6 is 0 Å². The Kier molecular flexibility index (Phi) is 4.38. The van der Waals surface area contributed by atoms with Crippen LogP contribution in [0.3, 0.4) is 0 Å². The zero-order chi connectivity index (χ0) is 13.0. The number of nitrogens with zero attached hydrogens (tertiary/aromatic N) is 1. The minimum absolute atomic E-state index is 0.0194. The standard InChI is InChI=1S/C14H23NO3/c16-10-6-2-5-9-15-12(17)11-14(13(15)18)7-3-1-4-8-14/h16H,1-11H2. The van der Waals surface area contributed by atoms with Crippen molar-refractivity contribution in [1.29, 1.82) is 0 Å². The van der Waals surface area contributed by atoms with Crippen molar-refractivity contribution < 1.29 is 14.7 Å². The molecule has 2 rings (SSSR count). The fourth-order valence-electron chi connectivity index (χ4n) is 3.26. The Morgan fingerprint density at radius 3 is 2.44 bits per heavy atom. The summed E-state index contributed by atoms with van der Waals surface area (Å²) in [6, 6.07) is 0. The Labute approximate surface area is 108 Å². The minimum Gasteiger partial charge on any atom is -0.396 e. The van der Waals surface area contributed by atoms with Crippen LogP contribution in [0.25, 0.3) is 0 Å². The van der Waals surface area contributed by atoms with Crippen molar-refractivity contribution in [1.82, 2.24) is 4.90 Å². The molecule has 1 heterocycles. The van der Waals surface area contributed by atoms with Gasteiger partial charge in [-0.1, -0.05) is 19.3 Å². The van der Waals surface area contributed by atoms with Gasteiger partial charge in [-0.25, -0.2) is 0 Å². The van der Waals surface area contributed by atoms with E-state index in [1.165, 1.54) is 11.3 Å². The highest BCUT2D eigenvalue weighted by molar-refractivity contribution is 6.05. The van der Waals surface area contributed by atoms with Crippen molar-refractivity contribution in [3.63, 3.8) is 0 Å². The van der Waals surface area contributed by atoms with E-state index in [-0.39, 0.29) is 23.8 Å². The largest absolute Gasteiger partial charge is 0.396 e. The number of carbonyl (C=O) groups is 2. The summed E-state index contributed by atoms with van der Waals surface area (Å²) in [5, 5.41) is 8.71. The lowest BCUT2D eigenvalue weighted by atomic mass is 9.73. The first kappa shape index (κ1) is 13.5. The molecule has 102 valence electrons.